The molecule has 5 heteroatoms. The topological polar surface area (TPSA) is 33.3 Å². The lowest BCUT2D eigenvalue weighted by Crippen LogP contribution is -2.21. The molecule has 0 aliphatic heterocycles. The Kier molecular flexibility index (Phi) is 14.3. The number of ether oxygens (including phenoxy) is 1. The minimum atomic E-state index is 0. The second-order valence-corrected chi connectivity index (χ2v) is 3.70. The van der Waals surface area contributed by atoms with Gasteiger partial charge >= 0.3 is 0 Å². The van der Waals surface area contributed by atoms with Crippen molar-refractivity contribution in [1.82, 2.24) is 10.6 Å². The van der Waals surface area contributed by atoms with Gasteiger partial charge in [-0.05, 0) is 32.1 Å². The maximum Gasteiger partial charge on any atom is 0.123 e. The maximum absolute atomic E-state index is 5.29. The van der Waals surface area contributed by atoms with Crippen LogP contribution in [0.5, 0.6) is 5.75 Å². The number of para-hydroxylation sites is 1. The smallest absolute Gasteiger partial charge is 0.123 e. The largest absolute Gasteiger partial charge is 0.496 e. The molecule has 0 saturated carbocycles. The van der Waals surface area contributed by atoms with Crippen LogP contribution in [0, 0.1) is 0 Å². The fraction of sp³-hybridized carbons (Fsp3) is 0.538. The first-order valence-corrected chi connectivity index (χ1v) is 5.91. The van der Waals surface area contributed by atoms with Crippen molar-refractivity contribution in [3.05, 3.63) is 29.8 Å². The van der Waals surface area contributed by atoms with Crippen LogP contribution in [0.3, 0.4) is 0 Å². The molecule has 0 aromatic heterocycles. The quantitative estimate of drug-likeness (QED) is 0.723. The molecule has 0 fully saturated rings. The van der Waals surface area contributed by atoms with Crippen LogP contribution in [-0.4, -0.2) is 26.7 Å². The Hall–Kier alpha value is -0.480. The van der Waals surface area contributed by atoms with Crippen LogP contribution in [0.25, 0.3) is 0 Å². The van der Waals surface area contributed by atoms with E-state index in [1.807, 2.05) is 18.2 Å². The van der Waals surface area contributed by atoms with Gasteiger partial charge in [0, 0.05) is 12.1 Å². The second kappa shape index (κ2) is 13.0. The third kappa shape index (κ3) is 7.77. The summed E-state index contributed by atoms with van der Waals surface area (Å²) in [6.45, 7) is 6.16. The highest BCUT2D eigenvalue weighted by molar-refractivity contribution is 5.85. The summed E-state index contributed by atoms with van der Waals surface area (Å²) in [5, 5.41) is 6.72. The predicted molar refractivity (Wildman–Crippen MR) is 82.4 cm³/mol. The van der Waals surface area contributed by atoms with Gasteiger partial charge in [-0.15, -0.1) is 24.8 Å². The first-order chi connectivity index (χ1) is 7.88. The second-order valence-electron chi connectivity index (χ2n) is 3.70. The summed E-state index contributed by atoms with van der Waals surface area (Å²) in [6.07, 6.45) is 1.16. The van der Waals surface area contributed by atoms with Gasteiger partial charge in [-0.3, -0.25) is 0 Å². The van der Waals surface area contributed by atoms with Crippen molar-refractivity contribution in [2.45, 2.75) is 19.9 Å². The zero-order valence-electron chi connectivity index (χ0n) is 11.1. The van der Waals surface area contributed by atoms with E-state index in [0.717, 1.165) is 38.3 Å². The molecule has 1 aromatic rings. The van der Waals surface area contributed by atoms with Crippen LogP contribution in [0.4, 0.5) is 0 Å². The van der Waals surface area contributed by atoms with Gasteiger partial charge in [0.05, 0.1) is 7.11 Å². The molecule has 0 amide bonds. The molecular formula is C13H24Cl2N2O. The first-order valence-electron chi connectivity index (χ1n) is 5.91. The summed E-state index contributed by atoms with van der Waals surface area (Å²) in [5.41, 5.74) is 1.22. The predicted octanol–water partition coefficient (Wildman–Crippen LogP) is 2.63. The van der Waals surface area contributed by atoms with Crippen molar-refractivity contribution in [1.29, 1.82) is 0 Å². The zero-order chi connectivity index (χ0) is 11.6. The normalized spacial score (nSPS) is 9.22. The van der Waals surface area contributed by atoms with Crippen LogP contribution in [0.1, 0.15) is 18.9 Å². The van der Waals surface area contributed by atoms with E-state index >= 15 is 0 Å². The van der Waals surface area contributed by atoms with Crippen LogP contribution >= 0.6 is 24.8 Å². The summed E-state index contributed by atoms with van der Waals surface area (Å²) in [5.74, 6) is 0.960. The molecule has 0 atom stereocenters. The van der Waals surface area contributed by atoms with Crippen molar-refractivity contribution >= 4 is 24.8 Å². The highest BCUT2D eigenvalue weighted by Gasteiger charge is 1.99. The molecule has 0 radical (unpaired) electrons. The van der Waals surface area contributed by atoms with E-state index in [-0.39, 0.29) is 24.8 Å². The van der Waals surface area contributed by atoms with E-state index in [1.165, 1.54) is 5.56 Å². The summed E-state index contributed by atoms with van der Waals surface area (Å²) in [6, 6.07) is 8.12. The highest BCUT2D eigenvalue weighted by Crippen LogP contribution is 2.16. The summed E-state index contributed by atoms with van der Waals surface area (Å²) in [4.78, 5) is 0. The Labute approximate surface area is 123 Å². The van der Waals surface area contributed by atoms with Gasteiger partial charge in [-0.25, -0.2) is 0 Å². The lowest BCUT2D eigenvalue weighted by molar-refractivity contribution is 0.407. The molecule has 0 unspecified atom stereocenters. The van der Waals surface area contributed by atoms with Crippen molar-refractivity contribution < 1.29 is 4.74 Å². The van der Waals surface area contributed by atoms with Gasteiger partial charge in [-0.2, -0.15) is 0 Å². The lowest BCUT2D eigenvalue weighted by Gasteiger charge is -2.09. The molecule has 0 saturated heterocycles. The molecule has 1 rings (SSSR count). The number of benzene rings is 1. The Morgan fingerprint density at radius 3 is 2.39 bits per heavy atom. The minimum absolute atomic E-state index is 0. The molecule has 0 bridgehead atoms. The number of halogens is 2. The first kappa shape index (κ1) is 19.9. The SMILES string of the molecule is CCNCCCNCc1ccccc1OC.Cl.Cl. The van der Waals surface area contributed by atoms with Crippen LogP contribution in [0.2, 0.25) is 0 Å². The third-order valence-corrected chi connectivity index (χ3v) is 2.47. The van der Waals surface area contributed by atoms with Crippen LogP contribution < -0.4 is 15.4 Å². The Bertz CT molecular complexity index is 298. The van der Waals surface area contributed by atoms with Crippen molar-refractivity contribution in [3.63, 3.8) is 0 Å². The molecule has 1 aromatic carbocycles. The average Bonchev–Trinajstić information content (AvgIpc) is 2.34. The van der Waals surface area contributed by atoms with E-state index in [9.17, 15) is 0 Å². The third-order valence-electron chi connectivity index (χ3n) is 2.47. The van der Waals surface area contributed by atoms with Crippen LogP contribution in [-0.2, 0) is 6.54 Å². The van der Waals surface area contributed by atoms with Crippen LogP contribution in [0.15, 0.2) is 24.3 Å². The van der Waals surface area contributed by atoms with Gasteiger partial charge in [0.1, 0.15) is 5.75 Å². The molecule has 0 spiro atoms. The summed E-state index contributed by atoms with van der Waals surface area (Å²) >= 11 is 0. The van der Waals surface area contributed by atoms with Gasteiger partial charge in [-0.1, -0.05) is 25.1 Å². The molecule has 18 heavy (non-hydrogen) atoms. The van der Waals surface area contributed by atoms with Crippen molar-refractivity contribution in [2.75, 3.05) is 26.7 Å². The zero-order valence-corrected chi connectivity index (χ0v) is 12.7. The number of nitrogens with one attached hydrogen (secondary N) is 2. The molecule has 0 heterocycles. The van der Waals surface area contributed by atoms with E-state index in [2.05, 4.69) is 23.6 Å². The molecular weight excluding hydrogens is 271 g/mol. The maximum atomic E-state index is 5.29. The van der Waals surface area contributed by atoms with Crippen molar-refractivity contribution in [2.24, 2.45) is 0 Å². The Balaban J connectivity index is 0. The fourth-order valence-electron chi connectivity index (χ4n) is 1.59. The van der Waals surface area contributed by atoms with Gasteiger partial charge in [0.15, 0.2) is 0 Å². The molecule has 2 N–H and O–H groups in total. The number of rotatable bonds is 8. The number of hydrogen-bond acceptors (Lipinski definition) is 3. The van der Waals surface area contributed by atoms with Gasteiger partial charge in [0.2, 0.25) is 0 Å². The summed E-state index contributed by atoms with van der Waals surface area (Å²) < 4.78 is 5.29. The number of hydrogen-bond donors (Lipinski definition) is 2. The molecule has 106 valence electrons. The van der Waals surface area contributed by atoms with Gasteiger partial charge in [0.25, 0.3) is 0 Å². The average molecular weight is 295 g/mol. The molecule has 3 nitrogen and oxygen atoms in total. The molecule has 0 aliphatic carbocycles. The van der Waals surface area contributed by atoms with E-state index in [4.69, 9.17) is 4.74 Å². The standard InChI is InChI=1S/C13H22N2O.2ClH/c1-3-14-9-6-10-15-11-12-7-4-5-8-13(12)16-2;;/h4-5,7-8,14-15H,3,6,9-11H2,1-2H3;2*1H. The number of methoxy groups -OCH3 is 1. The lowest BCUT2D eigenvalue weighted by atomic mass is 10.2. The van der Waals surface area contributed by atoms with E-state index in [1.54, 1.807) is 7.11 Å². The minimum Gasteiger partial charge on any atom is -0.496 e. The Morgan fingerprint density at radius 2 is 1.72 bits per heavy atom. The Morgan fingerprint density at radius 1 is 1.06 bits per heavy atom. The fourth-order valence-corrected chi connectivity index (χ4v) is 1.59. The van der Waals surface area contributed by atoms with Crippen molar-refractivity contribution in [3.8, 4) is 5.75 Å². The summed E-state index contributed by atoms with van der Waals surface area (Å²) in [7, 11) is 1.71. The van der Waals surface area contributed by atoms with E-state index in [0.29, 0.717) is 0 Å². The molecule has 0 aliphatic rings. The highest BCUT2D eigenvalue weighted by atomic mass is 35.5. The monoisotopic (exact) mass is 294 g/mol. The van der Waals surface area contributed by atoms with E-state index < -0.39 is 0 Å². The van der Waals surface area contributed by atoms with Gasteiger partial charge < -0.3 is 15.4 Å².